The highest BCUT2D eigenvalue weighted by atomic mass is 16.6. The highest BCUT2D eigenvalue weighted by Crippen LogP contribution is 2.08. The standard InChI is InChI=1S/C8H18NO/c1-5-9-10-6-8(4)7(2)3/h7-9H,1,5-6H2,2-4H3. The largest absolute Gasteiger partial charge is 0.302 e. The van der Waals surface area contributed by atoms with E-state index in [-0.39, 0.29) is 0 Å². The molecule has 10 heavy (non-hydrogen) atoms. The van der Waals surface area contributed by atoms with Gasteiger partial charge in [0.05, 0.1) is 6.61 Å². The third kappa shape index (κ3) is 4.77. The van der Waals surface area contributed by atoms with Crippen molar-refractivity contribution in [2.45, 2.75) is 20.8 Å². The van der Waals surface area contributed by atoms with E-state index in [9.17, 15) is 0 Å². The Balaban J connectivity index is 3.13. The van der Waals surface area contributed by atoms with Crippen LogP contribution in [0.15, 0.2) is 0 Å². The second-order valence-corrected chi connectivity index (χ2v) is 2.93. The van der Waals surface area contributed by atoms with Crippen LogP contribution in [0.4, 0.5) is 0 Å². The van der Waals surface area contributed by atoms with Gasteiger partial charge in [0, 0.05) is 6.54 Å². The van der Waals surface area contributed by atoms with Crippen molar-refractivity contribution in [3.8, 4) is 0 Å². The molecule has 0 rings (SSSR count). The number of hydroxylamine groups is 1. The van der Waals surface area contributed by atoms with Crippen molar-refractivity contribution in [1.29, 1.82) is 0 Å². The third-order valence-electron chi connectivity index (χ3n) is 1.69. The van der Waals surface area contributed by atoms with Gasteiger partial charge in [0.1, 0.15) is 0 Å². The molecule has 0 bridgehead atoms. The molecule has 0 spiro atoms. The van der Waals surface area contributed by atoms with Gasteiger partial charge >= 0.3 is 0 Å². The van der Waals surface area contributed by atoms with Crippen LogP contribution in [0.2, 0.25) is 0 Å². The number of hydrogen-bond acceptors (Lipinski definition) is 2. The summed E-state index contributed by atoms with van der Waals surface area (Å²) in [6.07, 6.45) is 0. The molecule has 1 radical (unpaired) electrons. The van der Waals surface area contributed by atoms with Crippen LogP contribution < -0.4 is 5.48 Å². The van der Waals surface area contributed by atoms with E-state index in [4.69, 9.17) is 4.84 Å². The molecular formula is C8H18NO. The Bertz CT molecular complexity index is 73.7. The highest BCUT2D eigenvalue weighted by Gasteiger charge is 2.05. The lowest BCUT2D eigenvalue weighted by atomic mass is 10.00. The zero-order valence-corrected chi connectivity index (χ0v) is 7.18. The number of nitrogens with one attached hydrogen (secondary N) is 1. The van der Waals surface area contributed by atoms with Crippen molar-refractivity contribution in [3.63, 3.8) is 0 Å². The molecule has 0 saturated heterocycles. The van der Waals surface area contributed by atoms with Gasteiger partial charge in [-0.25, -0.2) is 5.48 Å². The summed E-state index contributed by atoms with van der Waals surface area (Å²) in [5.74, 6) is 1.30. The van der Waals surface area contributed by atoms with Crippen LogP contribution in [0.25, 0.3) is 0 Å². The zero-order chi connectivity index (χ0) is 7.98. The van der Waals surface area contributed by atoms with Gasteiger partial charge in [-0.2, -0.15) is 0 Å². The molecule has 1 unspecified atom stereocenters. The number of rotatable bonds is 5. The maximum Gasteiger partial charge on any atom is 0.0710 e. The van der Waals surface area contributed by atoms with E-state index < -0.39 is 0 Å². The van der Waals surface area contributed by atoms with Crippen molar-refractivity contribution in [2.75, 3.05) is 13.2 Å². The average Bonchev–Trinajstić information content (AvgIpc) is 1.88. The van der Waals surface area contributed by atoms with E-state index >= 15 is 0 Å². The first-order valence-electron chi connectivity index (χ1n) is 3.82. The van der Waals surface area contributed by atoms with Crippen molar-refractivity contribution in [3.05, 3.63) is 6.92 Å². The molecule has 0 aromatic rings. The number of hydrogen-bond donors (Lipinski definition) is 1. The van der Waals surface area contributed by atoms with Crippen LogP contribution in [0.1, 0.15) is 20.8 Å². The predicted molar refractivity (Wildman–Crippen MR) is 43.3 cm³/mol. The van der Waals surface area contributed by atoms with Gasteiger partial charge < -0.3 is 4.84 Å². The SMILES string of the molecule is [CH2]CNOCC(C)C(C)C. The summed E-state index contributed by atoms with van der Waals surface area (Å²) in [6, 6.07) is 0. The molecule has 0 aromatic heterocycles. The molecule has 61 valence electrons. The minimum atomic E-state index is 0.610. The first kappa shape index (κ1) is 9.92. The fourth-order valence-electron chi connectivity index (χ4n) is 0.455. The molecule has 0 aromatic carbocycles. The Morgan fingerprint density at radius 1 is 1.40 bits per heavy atom. The summed E-state index contributed by atoms with van der Waals surface area (Å²) in [4.78, 5) is 5.09. The normalized spacial score (nSPS) is 14.1. The first-order valence-corrected chi connectivity index (χ1v) is 3.82. The van der Waals surface area contributed by atoms with Crippen LogP contribution in [0.3, 0.4) is 0 Å². The van der Waals surface area contributed by atoms with Crippen LogP contribution >= 0.6 is 0 Å². The van der Waals surface area contributed by atoms with Gasteiger partial charge in [-0.05, 0) is 18.8 Å². The van der Waals surface area contributed by atoms with Gasteiger partial charge in [0.25, 0.3) is 0 Å². The molecular weight excluding hydrogens is 126 g/mol. The van der Waals surface area contributed by atoms with Crippen molar-refractivity contribution >= 4 is 0 Å². The Morgan fingerprint density at radius 2 is 2.00 bits per heavy atom. The Labute approximate surface area is 63.9 Å². The van der Waals surface area contributed by atoms with Crippen molar-refractivity contribution in [1.82, 2.24) is 5.48 Å². The van der Waals surface area contributed by atoms with Crippen molar-refractivity contribution < 1.29 is 4.84 Å². The lowest BCUT2D eigenvalue weighted by molar-refractivity contribution is 0.0172. The Morgan fingerprint density at radius 3 is 2.40 bits per heavy atom. The molecule has 0 fully saturated rings. The fourth-order valence-corrected chi connectivity index (χ4v) is 0.455. The van der Waals surface area contributed by atoms with E-state index in [0.29, 0.717) is 18.4 Å². The molecule has 2 nitrogen and oxygen atoms in total. The summed E-state index contributed by atoms with van der Waals surface area (Å²) in [5, 5.41) is 0. The molecule has 0 aliphatic heterocycles. The topological polar surface area (TPSA) is 21.3 Å². The Hall–Kier alpha value is -0.0800. The minimum Gasteiger partial charge on any atom is -0.302 e. The summed E-state index contributed by atoms with van der Waals surface area (Å²) >= 11 is 0. The molecule has 2 heteroatoms. The molecule has 1 N–H and O–H groups in total. The molecule has 0 saturated carbocycles. The summed E-state index contributed by atoms with van der Waals surface area (Å²) in [5.41, 5.74) is 2.72. The van der Waals surface area contributed by atoms with Gasteiger partial charge in [0.2, 0.25) is 0 Å². The maximum atomic E-state index is 5.09. The van der Waals surface area contributed by atoms with Crippen LogP contribution in [0.5, 0.6) is 0 Å². The molecule has 1 atom stereocenters. The van der Waals surface area contributed by atoms with E-state index in [0.717, 1.165) is 6.61 Å². The van der Waals surface area contributed by atoms with E-state index in [2.05, 4.69) is 33.2 Å². The van der Waals surface area contributed by atoms with Gasteiger partial charge in [-0.15, -0.1) is 0 Å². The summed E-state index contributed by atoms with van der Waals surface area (Å²) in [6.45, 7) is 11.6. The lowest BCUT2D eigenvalue weighted by Crippen LogP contribution is -2.20. The Kier molecular flexibility index (Phi) is 5.64. The summed E-state index contributed by atoms with van der Waals surface area (Å²) in [7, 11) is 0. The third-order valence-corrected chi connectivity index (χ3v) is 1.69. The second kappa shape index (κ2) is 5.69. The lowest BCUT2D eigenvalue weighted by Gasteiger charge is -2.14. The smallest absolute Gasteiger partial charge is 0.0710 e. The maximum absolute atomic E-state index is 5.09. The van der Waals surface area contributed by atoms with Gasteiger partial charge in [0.15, 0.2) is 0 Å². The molecule has 0 aliphatic carbocycles. The monoisotopic (exact) mass is 144 g/mol. The predicted octanol–water partition coefficient (Wildman–Crippen LogP) is 1.63. The quantitative estimate of drug-likeness (QED) is 0.468. The highest BCUT2D eigenvalue weighted by molar-refractivity contribution is 4.54. The zero-order valence-electron chi connectivity index (χ0n) is 7.18. The average molecular weight is 144 g/mol. The second-order valence-electron chi connectivity index (χ2n) is 2.93. The van der Waals surface area contributed by atoms with Gasteiger partial charge in [-0.3, -0.25) is 0 Å². The van der Waals surface area contributed by atoms with Crippen LogP contribution in [-0.4, -0.2) is 13.2 Å². The summed E-state index contributed by atoms with van der Waals surface area (Å²) < 4.78 is 0. The van der Waals surface area contributed by atoms with E-state index in [1.54, 1.807) is 0 Å². The molecule has 0 heterocycles. The fraction of sp³-hybridized carbons (Fsp3) is 0.875. The van der Waals surface area contributed by atoms with Gasteiger partial charge in [-0.1, -0.05) is 20.8 Å². The minimum absolute atomic E-state index is 0.610. The van der Waals surface area contributed by atoms with E-state index in [1.807, 2.05) is 0 Å². The first-order chi connectivity index (χ1) is 4.68. The van der Waals surface area contributed by atoms with Crippen molar-refractivity contribution in [2.24, 2.45) is 11.8 Å². The van der Waals surface area contributed by atoms with Crippen LogP contribution in [-0.2, 0) is 4.84 Å². The molecule has 0 amide bonds. The molecule has 0 aliphatic rings. The van der Waals surface area contributed by atoms with Crippen LogP contribution in [0, 0.1) is 18.8 Å². The van der Waals surface area contributed by atoms with E-state index in [1.165, 1.54) is 0 Å².